The lowest BCUT2D eigenvalue weighted by molar-refractivity contribution is 0.000534. The Morgan fingerprint density at radius 3 is 2.47 bits per heavy atom. The number of aromatic nitrogens is 2. The van der Waals surface area contributed by atoms with Gasteiger partial charge in [-0.05, 0) is 64.8 Å². The Bertz CT molecular complexity index is 1100. The van der Waals surface area contributed by atoms with Crippen LogP contribution in [0.15, 0.2) is 24.5 Å². The average Bonchev–Trinajstić information content (AvgIpc) is 2.75. The van der Waals surface area contributed by atoms with Crippen molar-refractivity contribution in [3.8, 4) is 6.07 Å². The Morgan fingerprint density at radius 2 is 1.88 bits per heavy atom. The number of amides is 2. The Labute approximate surface area is 200 Å². The van der Waals surface area contributed by atoms with Crippen LogP contribution in [0.25, 0.3) is 0 Å². The number of benzene rings is 1. The van der Waals surface area contributed by atoms with Crippen LogP contribution >= 0.6 is 0 Å². The van der Waals surface area contributed by atoms with E-state index in [0.29, 0.717) is 48.8 Å². The standard InChI is InChI=1S/C25H32N6O3/c1-16-14-30(7-8-31(16)24(33)34-25(4,5)6)15-20-9-19(11-26)10-22(17(20)2)29-23(32)21-12-27-18(3)28-13-21/h9-10,12-13,16H,7-8,14-15H2,1-6H3,(H,29,32). The molecule has 180 valence electrons. The van der Waals surface area contributed by atoms with Crippen LogP contribution in [0, 0.1) is 25.2 Å². The topological polar surface area (TPSA) is 111 Å². The highest BCUT2D eigenvalue weighted by Gasteiger charge is 2.31. The minimum Gasteiger partial charge on any atom is -0.444 e. The van der Waals surface area contributed by atoms with E-state index < -0.39 is 5.60 Å². The Balaban J connectivity index is 1.73. The second kappa shape index (κ2) is 10.2. The molecule has 1 aliphatic heterocycles. The molecule has 0 bridgehead atoms. The predicted octanol–water partition coefficient (Wildman–Crippen LogP) is 3.66. The van der Waals surface area contributed by atoms with Crippen molar-refractivity contribution >= 4 is 17.7 Å². The summed E-state index contributed by atoms with van der Waals surface area (Å²) in [5.74, 6) is 0.256. The maximum Gasteiger partial charge on any atom is 0.410 e. The number of rotatable bonds is 4. The van der Waals surface area contributed by atoms with Crippen LogP contribution in [0.3, 0.4) is 0 Å². The third kappa shape index (κ3) is 6.29. The van der Waals surface area contributed by atoms with Gasteiger partial charge >= 0.3 is 6.09 Å². The van der Waals surface area contributed by atoms with Gasteiger partial charge in [0.2, 0.25) is 0 Å². The molecule has 9 heteroatoms. The van der Waals surface area contributed by atoms with Crippen molar-refractivity contribution < 1.29 is 14.3 Å². The molecule has 9 nitrogen and oxygen atoms in total. The number of nitrogens with zero attached hydrogens (tertiary/aromatic N) is 5. The van der Waals surface area contributed by atoms with Gasteiger partial charge in [0.25, 0.3) is 5.91 Å². The summed E-state index contributed by atoms with van der Waals surface area (Å²) in [7, 11) is 0. The molecular weight excluding hydrogens is 432 g/mol. The SMILES string of the molecule is Cc1ncc(C(=O)Nc2cc(C#N)cc(CN3CCN(C(=O)OC(C)(C)C)C(C)C3)c2C)cn1. The fraction of sp³-hybridized carbons (Fsp3) is 0.480. The van der Waals surface area contributed by atoms with Gasteiger partial charge in [0, 0.05) is 50.3 Å². The first-order valence-electron chi connectivity index (χ1n) is 11.3. The van der Waals surface area contributed by atoms with Crippen molar-refractivity contribution in [1.29, 1.82) is 5.26 Å². The smallest absolute Gasteiger partial charge is 0.410 e. The first kappa shape index (κ1) is 25.1. The van der Waals surface area contributed by atoms with Crippen molar-refractivity contribution in [2.45, 2.75) is 59.7 Å². The van der Waals surface area contributed by atoms with Crippen molar-refractivity contribution in [2.24, 2.45) is 0 Å². The van der Waals surface area contributed by atoms with Crippen LogP contribution in [0.1, 0.15) is 60.6 Å². The molecule has 3 rings (SSSR count). The lowest BCUT2D eigenvalue weighted by atomic mass is 10.0. The van der Waals surface area contributed by atoms with Crippen LogP contribution < -0.4 is 5.32 Å². The number of carbonyl (C=O) groups excluding carboxylic acids is 2. The lowest BCUT2D eigenvalue weighted by Gasteiger charge is -2.40. The molecule has 1 aromatic heterocycles. The quantitative estimate of drug-likeness (QED) is 0.735. The third-order valence-corrected chi connectivity index (χ3v) is 5.67. The summed E-state index contributed by atoms with van der Waals surface area (Å²) in [4.78, 5) is 37.3. The second-order valence-electron chi connectivity index (χ2n) is 9.65. The average molecular weight is 465 g/mol. The van der Waals surface area contributed by atoms with E-state index in [0.717, 1.165) is 11.1 Å². The molecule has 1 aromatic carbocycles. The van der Waals surface area contributed by atoms with Gasteiger partial charge in [0.15, 0.2) is 0 Å². The van der Waals surface area contributed by atoms with E-state index in [2.05, 4.69) is 26.3 Å². The highest BCUT2D eigenvalue weighted by Crippen LogP contribution is 2.25. The van der Waals surface area contributed by atoms with Crippen molar-refractivity contribution in [3.63, 3.8) is 0 Å². The number of aryl methyl sites for hydroxylation is 1. The van der Waals surface area contributed by atoms with Crippen molar-refractivity contribution in [1.82, 2.24) is 19.8 Å². The molecule has 34 heavy (non-hydrogen) atoms. The number of nitriles is 1. The zero-order chi connectivity index (χ0) is 25.0. The molecule has 1 fully saturated rings. The maximum atomic E-state index is 12.7. The van der Waals surface area contributed by atoms with E-state index in [-0.39, 0.29) is 18.0 Å². The zero-order valence-corrected chi connectivity index (χ0v) is 20.7. The summed E-state index contributed by atoms with van der Waals surface area (Å²) in [6.07, 6.45) is 2.66. The molecule has 1 unspecified atom stereocenters. The van der Waals surface area contributed by atoms with Crippen LogP contribution in [0.2, 0.25) is 0 Å². The third-order valence-electron chi connectivity index (χ3n) is 5.67. The number of anilines is 1. The molecular formula is C25H32N6O3. The molecule has 2 aromatic rings. The molecule has 1 saturated heterocycles. The Kier molecular flexibility index (Phi) is 7.52. The molecule has 0 aliphatic carbocycles. The zero-order valence-electron chi connectivity index (χ0n) is 20.7. The fourth-order valence-corrected chi connectivity index (χ4v) is 3.85. The minimum atomic E-state index is -0.533. The summed E-state index contributed by atoms with van der Waals surface area (Å²) in [6, 6.07) is 5.70. The van der Waals surface area contributed by atoms with Gasteiger partial charge < -0.3 is 15.0 Å². The van der Waals surface area contributed by atoms with Gasteiger partial charge in [-0.2, -0.15) is 5.26 Å². The van der Waals surface area contributed by atoms with E-state index in [1.54, 1.807) is 17.9 Å². The number of hydrogen-bond acceptors (Lipinski definition) is 7. The van der Waals surface area contributed by atoms with E-state index >= 15 is 0 Å². The van der Waals surface area contributed by atoms with E-state index in [1.807, 2.05) is 40.7 Å². The minimum absolute atomic E-state index is 0.0104. The first-order chi connectivity index (χ1) is 16.0. The van der Waals surface area contributed by atoms with Crippen molar-refractivity contribution in [3.05, 3.63) is 52.6 Å². The molecule has 1 aliphatic rings. The molecule has 1 N–H and O–H groups in total. The first-order valence-corrected chi connectivity index (χ1v) is 11.3. The maximum absolute atomic E-state index is 12.7. The van der Waals surface area contributed by atoms with E-state index in [1.165, 1.54) is 12.4 Å². The van der Waals surface area contributed by atoms with Gasteiger partial charge in [0.1, 0.15) is 11.4 Å². The van der Waals surface area contributed by atoms with Crippen LogP contribution in [-0.2, 0) is 11.3 Å². The monoisotopic (exact) mass is 464 g/mol. The summed E-state index contributed by atoms with van der Waals surface area (Å²) < 4.78 is 5.53. The number of nitrogens with one attached hydrogen (secondary N) is 1. The number of hydrogen-bond donors (Lipinski definition) is 1. The fourth-order valence-electron chi connectivity index (χ4n) is 3.85. The number of ether oxygens (including phenoxy) is 1. The summed E-state index contributed by atoms with van der Waals surface area (Å²) in [5, 5.41) is 12.4. The van der Waals surface area contributed by atoms with Crippen LogP contribution in [-0.4, -0.2) is 63.0 Å². The van der Waals surface area contributed by atoms with Gasteiger partial charge in [-0.1, -0.05) is 0 Å². The largest absolute Gasteiger partial charge is 0.444 e. The van der Waals surface area contributed by atoms with Crippen molar-refractivity contribution in [2.75, 3.05) is 25.0 Å². The van der Waals surface area contributed by atoms with Gasteiger partial charge in [0.05, 0.1) is 17.2 Å². The van der Waals surface area contributed by atoms with Crippen LogP contribution in [0.5, 0.6) is 0 Å². The molecule has 0 radical (unpaired) electrons. The highest BCUT2D eigenvalue weighted by molar-refractivity contribution is 6.04. The van der Waals surface area contributed by atoms with Crippen LogP contribution in [0.4, 0.5) is 10.5 Å². The predicted molar refractivity (Wildman–Crippen MR) is 128 cm³/mol. The molecule has 0 saturated carbocycles. The van der Waals surface area contributed by atoms with E-state index in [4.69, 9.17) is 4.74 Å². The molecule has 2 heterocycles. The van der Waals surface area contributed by atoms with Gasteiger partial charge in [-0.15, -0.1) is 0 Å². The number of piperazine rings is 1. The Hall–Kier alpha value is -3.51. The van der Waals surface area contributed by atoms with Gasteiger partial charge in [-0.3, -0.25) is 9.69 Å². The summed E-state index contributed by atoms with van der Waals surface area (Å²) in [5.41, 5.74) is 2.71. The summed E-state index contributed by atoms with van der Waals surface area (Å²) in [6.45, 7) is 13.8. The number of carbonyl (C=O) groups is 2. The lowest BCUT2D eigenvalue weighted by Crippen LogP contribution is -2.54. The molecule has 0 spiro atoms. The van der Waals surface area contributed by atoms with E-state index in [9.17, 15) is 14.9 Å². The summed E-state index contributed by atoms with van der Waals surface area (Å²) >= 11 is 0. The molecule has 1 atom stereocenters. The normalized spacial score (nSPS) is 16.6. The Morgan fingerprint density at radius 1 is 1.21 bits per heavy atom. The van der Waals surface area contributed by atoms with Gasteiger partial charge in [-0.25, -0.2) is 14.8 Å². The molecule has 2 amide bonds. The highest BCUT2D eigenvalue weighted by atomic mass is 16.6. The second-order valence-corrected chi connectivity index (χ2v) is 9.65.